The summed E-state index contributed by atoms with van der Waals surface area (Å²) < 4.78 is 19.2. The molecule has 160 valence electrons. The summed E-state index contributed by atoms with van der Waals surface area (Å²) in [4.78, 5) is 40.6. The number of hydrogen-bond donors (Lipinski definition) is 1. The highest BCUT2D eigenvalue weighted by molar-refractivity contribution is 8.18. The zero-order valence-electron chi connectivity index (χ0n) is 16.5. The first-order valence-electron chi connectivity index (χ1n) is 9.74. The molecular formula is C22H20FN3O4S. The zero-order valence-corrected chi connectivity index (χ0v) is 17.4. The fourth-order valence-electron chi connectivity index (χ4n) is 3.36. The van der Waals surface area contributed by atoms with Crippen molar-refractivity contribution in [2.45, 2.75) is 0 Å². The van der Waals surface area contributed by atoms with Gasteiger partial charge in [-0.15, -0.1) is 0 Å². The van der Waals surface area contributed by atoms with E-state index in [1.165, 1.54) is 24.3 Å². The Morgan fingerprint density at radius 1 is 1.10 bits per heavy atom. The number of carbonyl (C=O) groups is 3. The minimum absolute atomic E-state index is 0.0802. The van der Waals surface area contributed by atoms with E-state index in [0.717, 1.165) is 10.6 Å². The summed E-state index contributed by atoms with van der Waals surface area (Å²) in [6.07, 6.45) is 1.33. The minimum atomic E-state index is -0.616. The smallest absolute Gasteiger partial charge is 0.294 e. The number of morpholine rings is 1. The second kappa shape index (κ2) is 9.32. The van der Waals surface area contributed by atoms with Crippen LogP contribution >= 0.6 is 11.8 Å². The molecule has 2 aromatic carbocycles. The van der Waals surface area contributed by atoms with E-state index in [-0.39, 0.29) is 10.5 Å². The number of carbonyl (C=O) groups excluding carboxylic acids is 3. The molecule has 0 radical (unpaired) electrons. The Morgan fingerprint density at radius 2 is 1.81 bits per heavy atom. The first-order valence-corrected chi connectivity index (χ1v) is 10.6. The highest BCUT2D eigenvalue weighted by Crippen LogP contribution is 2.33. The number of imide groups is 1. The summed E-state index contributed by atoms with van der Waals surface area (Å²) in [5, 5.41) is 2.23. The molecule has 1 N–H and O–H groups in total. The van der Waals surface area contributed by atoms with E-state index in [1.54, 1.807) is 18.2 Å². The van der Waals surface area contributed by atoms with Crippen molar-refractivity contribution in [3.05, 3.63) is 64.8 Å². The number of amides is 3. The van der Waals surface area contributed by atoms with Crippen LogP contribution in [0.1, 0.15) is 5.56 Å². The fraction of sp³-hybridized carbons (Fsp3) is 0.227. The summed E-state index contributed by atoms with van der Waals surface area (Å²) in [5.74, 6) is -1.60. The Morgan fingerprint density at radius 3 is 2.58 bits per heavy atom. The number of rotatable bonds is 5. The van der Waals surface area contributed by atoms with E-state index in [0.29, 0.717) is 43.8 Å². The lowest BCUT2D eigenvalue weighted by atomic mass is 10.2. The number of thioether (sulfide) groups is 1. The Hall–Kier alpha value is -3.17. The van der Waals surface area contributed by atoms with Crippen molar-refractivity contribution in [3.8, 4) is 0 Å². The van der Waals surface area contributed by atoms with Gasteiger partial charge in [-0.05, 0) is 36.0 Å². The number of benzene rings is 2. The second-order valence-corrected chi connectivity index (χ2v) is 7.95. The SMILES string of the molecule is O=C(CN1C(=O)S/C(=C/c2ccccc2F)C1=O)Nc1ccccc1N1CCOCC1. The van der Waals surface area contributed by atoms with Gasteiger partial charge in [-0.25, -0.2) is 4.39 Å². The van der Waals surface area contributed by atoms with Crippen LogP contribution in [0.25, 0.3) is 6.08 Å². The van der Waals surface area contributed by atoms with Crippen molar-refractivity contribution in [2.24, 2.45) is 0 Å². The molecule has 3 amide bonds. The predicted molar refractivity (Wildman–Crippen MR) is 117 cm³/mol. The second-order valence-electron chi connectivity index (χ2n) is 6.95. The standard InChI is InChI=1S/C22H20FN3O4S/c23-16-6-2-1-5-15(16)13-19-21(28)26(22(29)31-19)14-20(27)24-17-7-3-4-8-18(17)25-9-11-30-12-10-25/h1-8,13H,9-12,14H2,(H,24,27)/b19-13+. The lowest BCUT2D eigenvalue weighted by Crippen LogP contribution is -2.38. The van der Waals surface area contributed by atoms with Gasteiger partial charge in [-0.3, -0.25) is 19.3 Å². The third-order valence-electron chi connectivity index (χ3n) is 4.90. The summed E-state index contributed by atoms with van der Waals surface area (Å²) in [6, 6.07) is 13.3. The quantitative estimate of drug-likeness (QED) is 0.717. The molecule has 2 aliphatic rings. The van der Waals surface area contributed by atoms with Crippen molar-refractivity contribution in [1.29, 1.82) is 0 Å². The van der Waals surface area contributed by atoms with Crippen molar-refractivity contribution in [1.82, 2.24) is 4.90 Å². The maximum Gasteiger partial charge on any atom is 0.294 e. The minimum Gasteiger partial charge on any atom is -0.378 e. The molecule has 0 atom stereocenters. The van der Waals surface area contributed by atoms with Crippen molar-refractivity contribution >= 4 is 46.3 Å². The summed E-state index contributed by atoms with van der Waals surface area (Å²) in [7, 11) is 0. The number of hydrogen-bond acceptors (Lipinski definition) is 6. The maximum atomic E-state index is 13.9. The Bertz CT molecular complexity index is 1050. The molecule has 7 nitrogen and oxygen atoms in total. The number of nitrogens with one attached hydrogen (secondary N) is 1. The third-order valence-corrected chi connectivity index (χ3v) is 5.80. The summed E-state index contributed by atoms with van der Waals surface area (Å²) in [5.41, 5.74) is 1.66. The van der Waals surface area contributed by atoms with Crippen LogP contribution in [0.15, 0.2) is 53.4 Å². The highest BCUT2D eigenvalue weighted by atomic mass is 32.2. The van der Waals surface area contributed by atoms with Gasteiger partial charge in [0, 0.05) is 18.7 Å². The molecule has 2 aliphatic heterocycles. The van der Waals surface area contributed by atoms with Gasteiger partial charge in [0.15, 0.2) is 0 Å². The van der Waals surface area contributed by atoms with Gasteiger partial charge >= 0.3 is 0 Å². The van der Waals surface area contributed by atoms with Crippen LogP contribution in [0.4, 0.5) is 20.6 Å². The molecule has 0 aromatic heterocycles. The largest absolute Gasteiger partial charge is 0.378 e. The summed E-state index contributed by atoms with van der Waals surface area (Å²) in [6.45, 7) is 2.20. The average molecular weight is 441 g/mol. The van der Waals surface area contributed by atoms with Gasteiger partial charge in [0.25, 0.3) is 11.1 Å². The van der Waals surface area contributed by atoms with Crippen molar-refractivity contribution in [2.75, 3.05) is 43.1 Å². The molecule has 0 bridgehead atoms. The van der Waals surface area contributed by atoms with E-state index in [4.69, 9.17) is 4.74 Å². The van der Waals surface area contributed by atoms with Crippen LogP contribution in [-0.2, 0) is 14.3 Å². The van der Waals surface area contributed by atoms with Crippen LogP contribution in [0.5, 0.6) is 0 Å². The molecule has 0 saturated carbocycles. The first-order chi connectivity index (χ1) is 15.0. The topological polar surface area (TPSA) is 79.0 Å². The molecular weight excluding hydrogens is 421 g/mol. The average Bonchev–Trinajstić information content (AvgIpc) is 3.03. The summed E-state index contributed by atoms with van der Waals surface area (Å²) >= 11 is 0.689. The van der Waals surface area contributed by atoms with E-state index in [1.807, 2.05) is 12.1 Å². The Labute approximate surface area is 182 Å². The zero-order chi connectivity index (χ0) is 21.8. The molecule has 0 unspecified atom stereocenters. The van der Waals surface area contributed by atoms with Crippen LogP contribution < -0.4 is 10.2 Å². The van der Waals surface area contributed by atoms with Gasteiger partial charge in [0.1, 0.15) is 12.4 Å². The fourth-order valence-corrected chi connectivity index (χ4v) is 4.19. The molecule has 2 saturated heterocycles. The molecule has 4 rings (SSSR count). The van der Waals surface area contributed by atoms with E-state index < -0.39 is 29.4 Å². The lowest BCUT2D eigenvalue weighted by molar-refractivity contribution is -0.127. The normalized spacial score (nSPS) is 18.0. The molecule has 0 aliphatic carbocycles. The monoisotopic (exact) mass is 441 g/mol. The van der Waals surface area contributed by atoms with Crippen LogP contribution in [0.3, 0.4) is 0 Å². The molecule has 2 fully saturated rings. The van der Waals surface area contributed by atoms with E-state index in [2.05, 4.69) is 10.2 Å². The van der Waals surface area contributed by atoms with Gasteiger partial charge in [0.2, 0.25) is 5.91 Å². The van der Waals surface area contributed by atoms with Crippen molar-refractivity contribution in [3.63, 3.8) is 0 Å². The molecule has 0 spiro atoms. The molecule has 2 aromatic rings. The highest BCUT2D eigenvalue weighted by Gasteiger charge is 2.36. The predicted octanol–water partition coefficient (Wildman–Crippen LogP) is 3.34. The van der Waals surface area contributed by atoms with Gasteiger partial charge < -0.3 is 15.0 Å². The van der Waals surface area contributed by atoms with Gasteiger partial charge in [-0.1, -0.05) is 30.3 Å². The molecule has 2 heterocycles. The third kappa shape index (κ3) is 4.78. The Kier molecular flexibility index (Phi) is 6.34. The lowest BCUT2D eigenvalue weighted by Gasteiger charge is -2.30. The van der Waals surface area contributed by atoms with Crippen LogP contribution in [0, 0.1) is 5.82 Å². The molecule has 31 heavy (non-hydrogen) atoms. The maximum absolute atomic E-state index is 13.9. The van der Waals surface area contributed by atoms with Gasteiger partial charge in [0.05, 0.1) is 29.5 Å². The number of para-hydroxylation sites is 2. The van der Waals surface area contributed by atoms with Crippen LogP contribution in [0.2, 0.25) is 0 Å². The van der Waals surface area contributed by atoms with E-state index >= 15 is 0 Å². The van der Waals surface area contributed by atoms with E-state index in [9.17, 15) is 18.8 Å². The van der Waals surface area contributed by atoms with Gasteiger partial charge in [-0.2, -0.15) is 0 Å². The molecule has 9 heteroatoms. The number of ether oxygens (including phenoxy) is 1. The first kappa shape index (κ1) is 21.1. The number of halogens is 1. The number of anilines is 2. The van der Waals surface area contributed by atoms with Crippen molar-refractivity contribution < 1.29 is 23.5 Å². The Balaban J connectivity index is 1.45. The van der Waals surface area contributed by atoms with Crippen LogP contribution in [-0.4, -0.2) is 54.8 Å². The number of nitrogens with zero attached hydrogens (tertiary/aromatic N) is 2.